The molecule has 6 heteroatoms. The molecule has 0 heterocycles. The Morgan fingerprint density at radius 3 is 2.36 bits per heavy atom. The van der Waals surface area contributed by atoms with E-state index in [2.05, 4.69) is 24.4 Å². The molecule has 0 aliphatic heterocycles. The molecule has 0 spiro atoms. The molecule has 0 saturated heterocycles. The van der Waals surface area contributed by atoms with E-state index in [9.17, 15) is 13.2 Å². The minimum atomic E-state index is -3.57. The molecule has 152 valence electrons. The van der Waals surface area contributed by atoms with E-state index in [1.165, 1.54) is 9.87 Å². The van der Waals surface area contributed by atoms with E-state index >= 15 is 0 Å². The second-order valence-corrected chi connectivity index (χ2v) is 9.16. The number of hydrogen-bond acceptors (Lipinski definition) is 3. The fourth-order valence-electron chi connectivity index (χ4n) is 3.14. The van der Waals surface area contributed by atoms with Gasteiger partial charge in [-0.15, -0.1) is 0 Å². The number of anilines is 1. The van der Waals surface area contributed by atoms with Gasteiger partial charge in [0.25, 0.3) is 0 Å². The Hall–Kier alpha value is -2.34. The number of carbonyl (C=O) groups is 1. The number of hydrogen-bond donors (Lipinski definition) is 1. The highest BCUT2D eigenvalue weighted by Crippen LogP contribution is 2.24. The van der Waals surface area contributed by atoms with Crippen LogP contribution in [-0.2, 0) is 21.2 Å². The molecule has 0 bridgehead atoms. The molecule has 1 unspecified atom stereocenters. The molecule has 2 aromatic carbocycles. The van der Waals surface area contributed by atoms with Crippen LogP contribution in [0, 0.1) is 19.8 Å². The molecular formula is C22H30N2O3S. The van der Waals surface area contributed by atoms with Crippen molar-refractivity contribution in [2.75, 3.05) is 23.7 Å². The van der Waals surface area contributed by atoms with E-state index in [1.807, 2.05) is 38.1 Å². The first-order chi connectivity index (χ1) is 13.2. The Morgan fingerprint density at radius 1 is 1.07 bits per heavy atom. The van der Waals surface area contributed by atoms with E-state index in [0.717, 1.165) is 30.2 Å². The molecule has 0 aliphatic rings. The van der Waals surface area contributed by atoms with Crippen LogP contribution in [0.4, 0.5) is 5.69 Å². The molecular weight excluding hydrogens is 372 g/mol. The van der Waals surface area contributed by atoms with Crippen molar-refractivity contribution in [3.05, 3.63) is 65.2 Å². The van der Waals surface area contributed by atoms with Crippen LogP contribution in [0.2, 0.25) is 0 Å². The predicted octanol–water partition coefficient (Wildman–Crippen LogP) is 3.45. The van der Waals surface area contributed by atoms with Crippen LogP contribution in [-0.4, -0.2) is 33.7 Å². The topological polar surface area (TPSA) is 66.5 Å². The third kappa shape index (κ3) is 6.09. The van der Waals surface area contributed by atoms with E-state index < -0.39 is 10.0 Å². The summed E-state index contributed by atoms with van der Waals surface area (Å²) in [6.07, 6.45) is 2.94. The van der Waals surface area contributed by atoms with Crippen LogP contribution in [0.15, 0.2) is 48.5 Å². The zero-order chi connectivity index (χ0) is 20.7. The maximum atomic E-state index is 12.5. The van der Waals surface area contributed by atoms with Gasteiger partial charge in [0.2, 0.25) is 15.9 Å². The van der Waals surface area contributed by atoms with E-state index in [0.29, 0.717) is 18.2 Å². The average Bonchev–Trinajstić information content (AvgIpc) is 2.65. The van der Waals surface area contributed by atoms with Gasteiger partial charge in [0.15, 0.2) is 0 Å². The molecule has 0 radical (unpaired) electrons. The van der Waals surface area contributed by atoms with E-state index in [-0.39, 0.29) is 12.5 Å². The quantitative estimate of drug-likeness (QED) is 0.699. The highest BCUT2D eigenvalue weighted by Gasteiger charge is 2.23. The zero-order valence-electron chi connectivity index (χ0n) is 17.1. The van der Waals surface area contributed by atoms with Gasteiger partial charge in [-0.05, 0) is 48.9 Å². The highest BCUT2D eigenvalue weighted by atomic mass is 32.2. The Morgan fingerprint density at radius 2 is 1.75 bits per heavy atom. The number of benzene rings is 2. The van der Waals surface area contributed by atoms with Crippen molar-refractivity contribution in [2.24, 2.45) is 5.92 Å². The van der Waals surface area contributed by atoms with Gasteiger partial charge in [-0.3, -0.25) is 9.10 Å². The first kappa shape index (κ1) is 22.0. The van der Waals surface area contributed by atoms with Crippen molar-refractivity contribution in [3.8, 4) is 0 Å². The summed E-state index contributed by atoms with van der Waals surface area (Å²) in [5.74, 6) is 0.0107. The molecule has 0 aliphatic carbocycles. The minimum Gasteiger partial charge on any atom is -0.354 e. The first-order valence-electron chi connectivity index (χ1n) is 9.57. The maximum absolute atomic E-state index is 12.5. The Bertz CT molecular complexity index is 895. The van der Waals surface area contributed by atoms with Gasteiger partial charge in [-0.25, -0.2) is 8.42 Å². The molecule has 2 rings (SSSR count). The smallest absolute Gasteiger partial charge is 0.240 e. The molecule has 0 fully saturated rings. The summed E-state index contributed by atoms with van der Waals surface area (Å²) in [7, 11) is -3.57. The second kappa shape index (κ2) is 9.73. The molecule has 1 amide bonds. The van der Waals surface area contributed by atoms with E-state index in [4.69, 9.17) is 0 Å². The fraction of sp³-hybridized carbons (Fsp3) is 0.409. The first-order valence-corrected chi connectivity index (χ1v) is 11.4. The molecule has 1 atom stereocenters. The van der Waals surface area contributed by atoms with Gasteiger partial charge in [0.05, 0.1) is 11.9 Å². The number of nitrogens with one attached hydrogen (secondary N) is 1. The summed E-state index contributed by atoms with van der Waals surface area (Å²) in [4.78, 5) is 12.5. The average molecular weight is 403 g/mol. The number of carbonyl (C=O) groups excluding carboxylic acids is 1. The van der Waals surface area contributed by atoms with Gasteiger partial charge in [0, 0.05) is 6.54 Å². The van der Waals surface area contributed by atoms with Crippen molar-refractivity contribution in [1.82, 2.24) is 5.32 Å². The van der Waals surface area contributed by atoms with Gasteiger partial charge >= 0.3 is 0 Å². The summed E-state index contributed by atoms with van der Waals surface area (Å²) >= 11 is 0. The van der Waals surface area contributed by atoms with Crippen LogP contribution in [0.25, 0.3) is 0 Å². The van der Waals surface area contributed by atoms with Crippen molar-refractivity contribution in [2.45, 2.75) is 33.6 Å². The molecule has 0 aromatic heterocycles. The monoisotopic (exact) mass is 402 g/mol. The number of amides is 1. The maximum Gasteiger partial charge on any atom is 0.240 e. The van der Waals surface area contributed by atoms with Gasteiger partial charge in [0.1, 0.15) is 6.54 Å². The Kier molecular flexibility index (Phi) is 7.63. The zero-order valence-corrected chi connectivity index (χ0v) is 17.9. The third-order valence-corrected chi connectivity index (χ3v) is 6.19. The van der Waals surface area contributed by atoms with Crippen LogP contribution < -0.4 is 9.62 Å². The lowest BCUT2D eigenvalue weighted by atomic mass is 9.97. The second-order valence-electron chi connectivity index (χ2n) is 7.26. The summed E-state index contributed by atoms with van der Waals surface area (Å²) < 4.78 is 25.8. The number of nitrogens with zero attached hydrogens (tertiary/aromatic N) is 1. The molecule has 2 aromatic rings. The molecule has 0 saturated carbocycles. The standard InChI is InChI=1S/C22H30N2O3S/c1-5-19(14-20-11-7-6-8-12-20)15-23-22(25)16-24(28(4,26)27)21-13-9-10-17(2)18(21)3/h6-13,19H,5,14-16H2,1-4H3,(H,23,25). The van der Waals surface area contributed by atoms with Crippen LogP contribution in [0.1, 0.15) is 30.0 Å². The number of sulfonamides is 1. The predicted molar refractivity (Wildman–Crippen MR) is 115 cm³/mol. The molecule has 28 heavy (non-hydrogen) atoms. The Labute approximate surface area is 168 Å². The summed E-state index contributed by atoms with van der Waals surface area (Å²) in [5, 5.41) is 2.92. The highest BCUT2D eigenvalue weighted by molar-refractivity contribution is 7.92. The van der Waals surface area contributed by atoms with Gasteiger partial charge in [-0.1, -0.05) is 55.8 Å². The van der Waals surface area contributed by atoms with E-state index in [1.54, 1.807) is 12.1 Å². The third-order valence-electron chi connectivity index (χ3n) is 5.06. The van der Waals surface area contributed by atoms with Crippen LogP contribution >= 0.6 is 0 Å². The Balaban J connectivity index is 2.04. The number of rotatable bonds is 9. The lowest BCUT2D eigenvalue weighted by molar-refractivity contribution is -0.119. The summed E-state index contributed by atoms with van der Waals surface area (Å²) in [6, 6.07) is 15.6. The number of aryl methyl sites for hydroxylation is 1. The van der Waals surface area contributed by atoms with Crippen molar-refractivity contribution < 1.29 is 13.2 Å². The lowest BCUT2D eigenvalue weighted by Gasteiger charge is -2.25. The van der Waals surface area contributed by atoms with Crippen molar-refractivity contribution in [1.29, 1.82) is 0 Å². The SMILES string of the molecule is CCC(CNC(=O)CN(c1cccc(C)c1C)S(C)(=O)=O)Cc1ccccc1. The summed E-state index contributed by atoms with van der Waals surface area (Å²) in [5.41, 5.74) is 3.63. The van der Waals surface area contributed by atoms with Crippen LogP contribution in [0.5, 0.6) is 0 Å². The van der Waals surface area contributed by atoms with Crippen molar-refractivity contribution >= 4 is 21.6 Å². The van der Waals surface area contributed by atoms with Crippen LogP contribution in [0.3, 0.4) is 0 Å². The molecule has 5 nitrogen and oxygen atoms in total. The fourth-order valence-corrected chi connectivity index (χ4v) is 4.05. The largest absolute Gasteiger partial charge is 0.354 e. The normalized spacial score (nSPS) is 12.4. The lowest BCUT2D eigenvalue weighted by Crippen LogP contribution is -2.42. The van der Waals surface area contributed by atoms with Gasteiger partial charge in [-0.2, -0.15) is 0 Å². The summed E-state index contributed by atoms with van der Waals surface area (Å²) in [6.45, 7) is 6.20. The van der Waals surface area contributed by atoms with Crippen molar-refractivity contribution in [3.63, 3.8) is 0 Å². The van der Waals surface area contributed by atoms with Gasteiger partial charge < -0.3 is 5.32 Å². The molecule has 1 N–H and O–H groups in total. The minimum absolute atomic E-state index is 0.217.